The minimum Gasteiger partial charge on any atom is -0.465 e. The molecule has 2 atom stereocenters. The average molecular weight is 391 g/mol. The van der Waals surface area contributed by atoms with E-state index in [-0.39, 0.29) is 5.69 Å². The third-order valence-electron chi connectivity index (χ3n) is 5.37. The molecule has 0 radical (unpaired) electrons. The second-order valence-corrected chi connectivity index (χ2v) is 7.17. The van der Waals surface area contributed by atoms with E-state index < -0.39 is 5.97 Å². The van der Waals surface area contributed by atoms with E-state index in [9.17, 15) is 4.79 Å². The Morgan fingerprint density at radius 2 is 2.14 bits per heavy atom. The molecule has 2 N–H and O–H groups in total. The van der Waals surface area contributed by atoms with Gasteiger partial charge in [-0.2, -0.15) is 5.26 Å². The van der Waals surface area contributed by atoms with Gasteiger partial charge in [-0.3, -0.25) is 0 Å². The summed E-state index contributed by atoms with van der Waals surface area (Å²) in [5.74, 6) is 0.966. The van der Waals surface area contributed by atoms with Crippen molar-refractivity contribution in [2.24, 2.45) is 5.92 Å². The van der Waals surface area contributed by atoms with Crippen LogP contribution < -0.4 is 10.6 Å². The first-order valence-electron chi connectivity index (χ1n) is 9.31. The molecule has 2 aromatic rings. The van der Waals surface area contributed by atoms with E-state index in [4.69, 9.17) is 10.00 Å². The molecule has 2 bridgehead atoms. The zero-order valence-electron chi connectivity index (χ0n) is 16.2. The second kappa shape index (κ2) is 7.75. The van der Waals surface area contributed by atoms with Gasteiger partial charge in [-0.05, 0) is 24.6 Å². The number of esters is 1. The highest BCUT2D eigenvalue weighted by Gasteiger charge is 2.36. The number of nitriles is 1. The van der Waals surface area contributed by atoms with Crippen LogP contribution in [0, 0.1) is 17.2 Å². The molecule has 4 rings (SSSR count). The van der Waals surface area contributed by atoms with Gasteiger partial charge < -0.3 is 20.3 Å². The van der Waals surface area contributed by atoms with Crippen molar-refractivity contribution in [1.29, 1.82) is 5.26 Å². The lowest BCUT2D eigenvalue weighted by molar-refractivity contribution is 0.0601. The molecule has 1 aliphatic heterocycles. The SMILES string of the molecule is COC(=O)c1cnc(Nc2cnc(C#N)cn2)cc1NCC1CC2CC1=CN2C. The summed E-state index contributed by atoms with van der Waals surface area (Å²) in [6, 6.07) is 4.26. The number of aromatic nitrogens is 3. The normalized spacial score (nSPS) is 19.5. The van der Waals surface area contributed by atoms with E-state index in [1.807, 2.05) is 6.07 Å². The molecule has 0 spiro atoms. The van der Waals surface area contributed by atoms with Crippen molar-refractivity contribution in [3.05, 3.63) is 47.7 Å². The van der Waals surface area contributed by atoms with E-state index in [2.05, 4.69) is 43.7 Å². The molecule has 3 heterocycles. The third-order valence-corrected chi connectivity index (χ3v) is 5.37. The average Bonchev–Trinajstić information content (AvgIpc) is 3.31. The number of pyridine rings is 1. The van der Waals surface area contributed by atoms with Gasteiger partial charge in [0.15, 0.2) is 5.69 Å². The molecule has 9 nitrogen and oxygen atoms in total. The van der Waals surface area contributed by atoms with Crippen LogP contribution in [0.15, 0.2) is 36.4 Å². The molecule has 2 unspecified atom stereocenters. The van der Waals surface area contributed by atoms with Crippen LogP contribution in [0.25, 0.3) is 0 Å². The largest absolute Gasteiger partial charge is 0.465 e. The fraction of sp³-hybridized carbons (Fsp3) is 0.350. The number of anilines is 3. The maximum absolute atomic E-state index is 12.1. The van der Waals surface area contributed by atoms with Gasteiger partial charge >= 0.3 is 5.97 Å². The predicted molar refractivity (Wildman–Crippen MR) is 106 cm³/mol. The summed E-state index contributed by atoms with van der Waals surface area (Å²) in [5.41, 5.74) is 2.70. The van der Waals surface area contributed by atoms with Gasteiger partial charge in [0.2, 0.25) is 0 Å². The number of nitrogens with zero attached hydrogens (tertiary/aromatic N) is 5. The fourth-order valence-electron chi connectivity index (χ4n) is 3.81. The molecule has 0 saturated heterocycles. The minimum atomic E-state index is -0.448. The van der Waals surface area contributed by atoms with Crippen LogP contribution in [0.1, 0.15) is 28.9 Å². The number of carbonyl (C=O) groups is 1. The molecule has 29 heavy (non-hydrogen) atoms. The summed E-state index contributed by atoms with van der Waals surface area (Å²) in [5, 5.41) is 15.3. The minimum absolute atomic E-state index is 0.234. The van der Waals surface area contributed by atoms with Crippen molar-refractivity contribution < 1.29 is 9.53 Å². The second-order valence-electron chi connectivity index (χ2n) is 7.17. The van der Waals surface area contributed by atoms with Gasteiger partial charge in [-0.1, -0.05) is 0 Å². The third kappa shape index (κ3) is 3.82. The van der Waals surface area contributed by atoms with Gasteiger partial charge in [0, 0.05) is 37.8 Å². The number of hydrogen-bond acceptors (Lipinski definition) is 9. The Labute approximate surface area is 168 Å². The number of rotatable bonds is 6. The first kappa shape index (κ1) is 18.7. The van der Waals surface area contributed by atoms with E-state index in [1.165, 1.54) is 31.3 Å². The Bertz CT molecular complexity index is 997. The van der Waals surface area contributed by atoms with Crippen molar-refractivity contribution >= 4 is 23.3 Å². The van der Waals surface area contributed by atoms with Crippen LogP contribution in [0.3, 0.4) is 0 Å². The molecule has 1 fully saturated rings. The Hall–Kier alpha value is -3.67. The molecule has 148 valence electrons. The zero-order chi connectivity index (χ0) is 20.4. The van der Waals surface area contributed by atoms with Gasteiger partial charge in [0.25, 0.3) is 0 Å². The lowest BCUT2D eigenvalue weighted by Crippen LogP contribution is -2.26. The number of hydrogen-bond donors (Lipinski definition) is 2. The summed E-state index contributed by atoms with van der Waals surface area (Å²) in [6.07, 6.45) is 8.77. The zero-order valence-corrected chi connectivity index (χ0v) is 16.2. The Morgan fingerprint density at radius 3 is 2.76 bits per heavy atom. The van der Waals surface area contributed by atoms with Crippen molar-refractivity contribution in [2.75, 3.05) is 31.3 Å². The van der Waals surface area contributed by atoms with Gasteiger partial charge in [-0.25, -0.2) is 19.7 Å². The molecule has 2 aromatic heterocycles. The lowest BCUT2D eigenvalue weighted by Gasteiger charge is -2.25. The summed E-state index contributed by atoms with van der Waals surface area (Å²) in [7, 11) is 3.46. The molecule has 0 aromatic carbocycles. The number of ether oxygens (including phenoxy) is 1. The molecule has 1 aliphatic carbocycles. The Kier molecular flexibility index (Phi) is 4.99. The van der Waals surface area contributed by atoms with Crippen LogP contribution in [0.4, 0.5) is 17.3 Å². The van der Waals surface area contributed by atoms with Crippen LogP contribution in [0.2, 0.25) is 0 Å². The van der Waals surface area contributed by atoms with Crippen molar-refractivity contribution in [1.82, 2.24) is 19.9 Å². The van der Waals surface area contributed by atoms with Crippen molar-refractivity contribution in [2.45, 2.75) is 18.9 Å². The van der Waals surface area contributed by atoms with Gasteiger partial charge in [0.05, 0.1) is 25.2 Å². The molecule has 2 aliphatic rings. The van der Waals surface area contributed by atoms with Crippen LogP contribution >= 0.6 is 0 Å². The lowest BCUT2D eigenvalue weighted by atomic mass is 10.0. The Balaban J connectivity index is 1.52. The van der Waals surface area contributed by atoms with Gasteiger partial charge in [-0.15, -0.1) is 0 Å². The highest BCUT2D eigenvalue weighted by molar-refractivity contribution is 5.95. The maximum atomic E-state index is 12.1. The number of fused-ring (bicyclic) bond motifs is 2. The summed E-state index contributed by atoms with van der Waals surface area (Å²) in [6.45, 7) is 0.736. The highest BCUT2D eigenvalue weighted by atomic mass is 16.5. The fourth-order valence-corrected chi connectivity index (χ4v) is 3.81. The van der Waals surface area contributed by atoms with E-state index in [0.29, 0.717) is 34.8 Å². The first-order chi connectivity index (χ1) is 14.1. The highest BCUT2D eigenvalue weighted by Crippen LogP contribution is 2.40. The molecule has 0 amide bonds. The smallest absolute Gasteiger partial charge is 0.341 e. The summed E-state index contributed by atoms with van der Waals surface area (Å²) in [4.78, 5) is 26.8. The summed E-state index contributed by atoms with van der Waals surface area (Å²) >= 11 is 0. The standard InChI is InChI=1S/C20H21N7O2/c1-27-11-13-4-15(27)3-12(13)7-23-17-5-18(25-9-16(17)20(28)29-2)26-19-10-22-14(6-21)8-24-19/h5,8-12,15H,3-4,7H2,1-2H3,(H2,23,24,25,26). The van der Waals surface area contributed by atoms with Crippen LogP contribution in [0.5, 0.6) is 0 Å². The van der Waals surface area contributed by atoms with Crippen molar-refractivity contribution in [3.63, 3.8) is 0 Å². The molecular weight excluding hydrogens is 370 g/mol. The first-order valence-corrected chi connectivity index (χ1v) is 9.31. The molecule has 9 heteroatoms. The van der Waals surface area contributed by atoms with Crippen LogP contribution in [-0.4, -0.2) is 52.6 Å². The van der Waals surface area contributed by atoms with E-state index >= 15 is 0 Å². The quantitative estimate of drug-likeness (QED) is 0.715. The van der Waals surface area contributed by atoms with E-state index in [0.717, 1.165) is 19.4 Å². The number of nitrogens with one attached hydrogen (secondary N) is 2. The molecular formula is C20H21N7O2. The Morgan fingerprint density at radius 1 is 1.31 bits per heavy atom. The summed E-state index contributed by atoms with van der Waals surface area (Å²) < 4.78 is 4.89. The number of methoxy groups -OCH3 is 1. The number of carbonyl (C=O) groups excluding carboxylic acids is 1. The van der Waals surface area contributed by atoms with E-state index in [1.54, 1.807) is 6.07 Å². The topological polar surface area (TPSA) is 116 Å². The van der Waals surface area contributed by atoms with Gasteiger partial charge in [0.1, 0.15) is 23.3 Å². The maximum Gasteiger partial charge on any atom is 0.341 e. The molecule has 1 saturated carbocycles. The van der Waals surface area contributed by atoms with Crippen molar-refractivity contribution in [3.8, 4) is 6.07 Å². The predicted octanol–water partition coefficient (Wildman–Crippen LogP) is 2.29. The van der Waals surface area contributed by atoms with Crippen LogP contribution in [-0.2, 0) is 4.74 Å². The monoisotopic (exact) mass is 391 g/mol.